The molecule has 1 aliphatic carbocycles. The van der Waals surface area contributed by atoms with Gasteiger partial charge in [-0.25, -0.2) is 14.8 Å². The van der Waals surface area contributed by atoms with E-state index in [1.807, 2.05) is 73.9 Å². The van der Waals surface area contributed by atoms with Crippen LogP contribution in [0.25, 0.3) is 33.1 Å². The molecule has 5 aromatic rings. The number of rotatable bonds is 7. The summed E-state index contributed by atoms with van der Waals surface area (Å²) in [5.74, 6) is 1.57. The van der Waals surface area contributed by atoms with E-state index < -0.39 is 0 Å². The monoisotopic (exact) mass is 559 g/mol. The molecule has 0 spiro atoms. The Hall–Kier alpha value is -4.69. The fourth-order valence-electron chi connectivity index (χ4n) is 5.86. The van der Waals surface area contributed by atoms with Crippen molar-refractivity contribution in [3.63, 3.8) is 0 Å². The molecular formula is C34H37N7O. The Labute approximate surface area is 246 Å². The third-order valence-corrected chi connectivity index (χ3v) is 8.10. The number of aromatic nitrogens is 3. The van der Waals surface area contributed by atoms with Crippen molar-refractivity contribution in [1.29, 1.82) is 0 Å². The Kier molecular flexibility index (Phi) is 7.63. The van der Waals surface area contributed by atoms with E-state index in [1.54, 1.807) is 0 Å². The summed E-state index contributed by atoms with van der Waals surface area (Å²) in [6.45, 7) is 4.76. The SMILES string of the molecule is CNC1CC=C(c2cnc(N)c3c(-c4ccc(NC(=O)NCc5ccccc5)c5ccccc45)nc(C(C)C)n23)CC1. The molecule has 214 valence electrons. The first-order valence-corrected chi connectivity index (χ1v) is 14.6. The lowest BCUT2D eigenvalue weighted by atomic mass is 9.93. The highest BCUT2D eigenvalue weighted by Crippen LogP contribution is 2.39. The summed E-state index contributed by atoms with van der Waals surface area (Å²) in [4.78, 5) is 22.7. The maximum Gasteiger partial charge on any atom is 0.319 e. The quantitative estimate of drug-likeness (QED) is 0.177. The van der Waals surface area contributed by atoms with E-state index in [9.17, 15) is 4.79 Å². The summed E-state index contributed by atoms with van der Waals surface area (Å²) in [5.41, 5.74) is 13.3. The summed E-state index contributed by atoms with van der Waals surface area (Å²) < 4.78 is 2.21. The molecule has 0 radical (unpaired) electrons. The second kappa shape index (κ2) is 11.7. The van der Waals surface area contributed by atoms with Crippen LogP contribution in [0.15, 0.2) is 79.0 Å². The molecule has 0 saturated carbocycles. The second-order valence-electron chi connectivity index (χ2n) is 11.2. The number of urea groups is 1. The lowest BCUT2D eigenvalue weighted by Gasteiger charge is -2.22. The van der Waals surface area contributed by atoms with E-state index in [-0.39, 0.29) is 11.9 Å². The molecule has 0 aliphatic heterocycles. The molecule has 1 aliphatic rings. The Bertz CT molecular complexity index is 1790. The smallest absolute Gasteiger partial charge is 0.319 e. The summed E-state index contributed by atoms with van der Waals surface area (Å²) in [5, 5.41) is 11.3. The lowest BCUT2D eigenvalue weighted by molar-refractivity contribution is 0.252. The number of nitrogens with two attached hydrogens (primary N) is 1. The van der Waals surface area contributed by atoms with Gasteiger partial charge in [0.2, 0.25) is 0 Å². The molecule has 6 rings (SSSR count). The van der Waals surface area contributed by atoms with Gasteiger partial charge in [0.25, 0.3) is 0 Å². The van der Waals surface area contributed by atoms with Gasteiger partial charge in [0.15, 0.2) is 0 Å². The van der Waals surface area contributed by atoms with Crippen LogP contribution in [0.2, 0.25) is 0 Å². The van der Waals surface area contributed by atoms with Gasteiger partial charge in [0.1, 0.15) is 22.9 Å². The van der Waals surface area contributed by atoms with Gasteiger partial charge in [-0.05, 0) is 48.9 Å². The number of hydrogen-bond donors (Lipinski definition) is 4. The third kappa shape index (κ3) is 5.21. The Morgan fingerprint density at radius 1 is 1.05 bits per heavy atom. The minimum Gasteiger partial charge on any atom is -0.382 e. The van der Waals surface area contributed by atoms with Gasteiger partial charge < -0.3 is 21.7 Å². The van der Waals surface area contributed by atoms with E-state index in [2.05, 4.69) is 51.3 Å². The summed E-state index contributed by atoms with van der Waals surface area (Å²) in [6.07, 6.45) is 7.23. The highest BCUT2D eigenvalue weighted by Gasteiger charge is 2.25. The molecule has 2 aromatic heterocycles. The largest absolute Gasteiger partial charge is 0.382 e. The summed E-state index contributed by atoms with van der Waals surface area (Å²) in [7, 11) is 2.02. The van der Waals surface area contributed by atoms with Gasteiger partial charge in [-0.1, -0.05) is 80.6 Å². The Balaban J connectivity index is 1.42. The summed E-state index contributed by atoms with van der Waals surface area (Å²) >= 11 is 0. The molecule has 3 aromatic carbocycles. The van der Waals surface area contributed by atoms with E-state index >= 15 is 0 Å². The first-order valence-electron chi connectivity index (χ1n) is 14.6. The fourth-order valence-corrected chi connectivity index (χ4v) is 5.86. The van der Waals surface area contributed by atoms with E-state index in [4.69, 9.17) is 10.7 Å². The molecule has 8 nitrogen and oxygen atoms in total. The van der Waals surface area contributed by atoms with Gasteiger partial charge in [0.05, 0.1) is 17.6 Å². The number of fused-ring (bicyclic) bond motifs is 2. The van der Waals surface area contributed by atoms with Crippen LogP contribution in [0, 0.1) is 0 Å². The van der Waals surface area contributed by atoms with E-state index in [0.29, 0.717) is 18.4 Å². The number of benzene rings is 3. The average Bonchev–Trinajstić information content (AvgIpc) is 3.43. The summed E-state index contributed by atoms with van der Waals surface area (Å²) in [6, 6.07) is 22.1. The number of hydrogen-bond acceptors (Lipinski definition) is 5. The average molecular weight is 560 g/mol. The highest BCUT2D eigenvalue weighted by molar-refractivity contribution is 6.09. The van der Waals surface area contributed by atoms with Crippen molar-refractivity contribution in [3.8, 4) is 11.3 Å². The van der Waals surface area contributed by atoms with Crippen LogP contribution in [0.1, 0.15) is 56.1 Å². The molecule has 8 heteroatoms. The van der Waals surface area contributed by atoms with Gasteiger partial charge in [-0.2, -0.15) is 0 Å². The van der Waals surface area contributed by atoms with Crippen molar-refractivity contribution < 1.29 is 4.79 Å². The predicted octanol–water partition coefficient (Wildman–Crippen LogP) is 6.73. The third-order valence-electron chi connectivity index (χ3n) is 8.10. The maximum absolute atomic E-state index is 12.8. The number of allylic oxidation sites excluding steroid dienone is 1. The molecule has 1 unspecified atom stereocenters. The van der Waals surface area contributed by atoms with Gasteiger partial charge in [-0.15, -0.1) is 0 Å². The molecule has 1 atom stereocenters. The lowest BCUT2D eigenvalue weighted by Crippen LogP contribution is -2.28. The normalized spacial score (nSPS) is 15.2. The predicted molar refractivity (Wildman–Crippen MR) is 171 cm³/mol. The van der Waals surface area contributed by atoms with E-state index in [1.165, 1.54) is 5.57 Å². The number of amides is 2. The number of anilines is 2. The van der Waals surface area contributed by atoms with Crippen molar-refractivity contribution in [3.05, 3.63) is 96.1 Å². The van der Waals surface area contributed by atoms with Crippen LogP contribution in [0.4, 0.5) is 16.3 Å². The molecule has 2 heterocycles. The molecule has 5 N–H and O–H groups in total. The zero-order chi connectivity index (χ0) is 29.2. The van der Waals surface area contributed by atoms with Crippen LogP contribution in [-0.4, -0.2) is 33.5 Å². The van der Waals surface area contributed by atoms with Crippen LogP contribution in [0.3, 0.4) is 0 Å². The molecule has 0 fully saturated rings. The van der Waals surface area contributed by atoms with Crippen LogP contribution >= 0.6 is 0 Å². The minimum atomic E-state index is -0.259. The zero-order valence-electron chi connectivity index (χ0n) is 24.3. The number of imidazole rings is 1. The van der Waals surface area contributed by atoms with Crippen molar-refractivity contribution in [2.45, 2.75) is 51.6 Å². The number of carbonyl (C=O) groups excluding carboxylic acids is 1. The van der Waals surface area contributed by atoms with Crippen molar-refractivity contribution in [2.24, 2.45) is 0 Å². The first-order chi connectivity index (χ1) is 20.4. The maximum atomic E-state index is 12.8. The van der Waals surface area contributed by atoms with Gasteiger partial charge in [-0.3, -0.25) is 4.40 Å². The Morgan fingerprint density at radius 3 is 2.52 bits per heavy atom. The first kappa shape index (κ1) is 27.5. The van der Waals surface area contributed by atoms with Crippen molar-refractivity contribution in [1.82, 2.24) is 25.0 Å². The number of nitrogens with zero attached hydrogens (tertiary/aromatic N) is 3. The highest BCUT2D eigenvalue weighted by atomic mass is 16.2. The van der Waals surface area contributed by atoms with Crippen LogP contribution in [0.5, 0.6) is 0 Å². The molecule has 42 heavy (non-hydrogen) atoms. The van der Waals surface area contributed by atoms with Crippen molar-refractivity contribution in [2.75, 3.05) is 18.1 Å². The standard InChI is InChI=1S/C34H37N7O/c1-21(2)33-40-30(31-32(35)37-20-29(41(31)33)23-13-15-24(36-3)16-14-23)27-17-18-28(26-12-8-7-11-25(26)27)39-34(42)38-19-22-9-5-4-6-10-22/h4-13,17-18,20-21,24,36H,14-16,19H2,1-3H3,(H2,35,37)(H2,38,39,42). The van der Waals surface area contributed by atoms with Gasteiger partial charge >= 0.3 is 6.03 Å². The topological polar surface area (TPSA) is 109 Å². The van der Waals surface area contributed by atoms with E-state index in [0.717, 1.165) is 69.6 Å². The molecular weight excluding hydrogens is 522 g/mol. The minimum absolute atomic E-state index is 0.168. The number of nitrogens with one attached hydrogen (secondary N) is 3. The zero-order valence-corrected chi connectivity index (χ0v) is 24.3. The van der Waals surface area contributed by atoms with Gasteiger partial charge in [0, 0.05) is 29.5 Å². The van der Waals surface area contributed by atoms with Crippen LogP contribution < -0.4 is 21.7 Å². The van der Waals surface area contributed by atoms with Crippen LogP contribution in [-0.2, 0) is 6.54 Å². The number of carbonyl (C=O) groups is 1. The fraction of sp³-hybridized carbons (Fsp3) is 0.265. The van der Waals surface area contributed by atoms with Crippen molar-refractivity contribution >= 4 is 39.4 Å². The second-order valence-corrected chi connectivity index (χ2v) is 11.2. The molecule has 2 amide bonds. The Morgan fingerprint density at radius 2 is 1.81 bits per heavy atom. The molecule has 0 bridgehead atoms. The molecule has 0 saturated heterocycles. The number of nitrogen functional groups attached to an aromatic ring is 1.